The first-order valence-electron chi connectivity index (χ1n) is 9.76. The largest absolute Gasteiger partial charge is 0.484 e. The highest BCUT2D eigenvalue weighted by atomic mass is 127. The van der Waals surface area contributed by atoms with Gasteiger partial charge in [-0.1, -0.05) is 19.1 Å². The van der Waals surface area contributed by atoms with E-state index in [9.17, 15) is 13.2 Å². The molecule has 1 saturated heterocycles. The average molecular weight is 528 g/mol. The Morgan fingerprint density at radius 2 is 2.07 bits per heavy atom. The quantitative estimate of drug-likeness (QED) is 0.320. The first kappa shape index (κ1) is 25.8. The Hall–Kier alpha value is -1.23. The van der Waals surface area contributed by atoms with Crippen LogP contribution in [-0.2, 0) is 6.54 Å². The summed E-state index contributed by atoms with van der Waals surface area (Å²) in [5, 5.41) is 6.50. The van der Waals surface area contributed by atoms with Gasteiger partial charge in [-0.15, -0.1) is 24.0 Å². The number of likely N-dealkylation sites (tertiary alicyclic amines) is 1. The third kappa shape index (κ3) is 9.41. The molecule has 2 rings (SSSR count). The van der Waals surface area contributed by atoms with Gasteiger partial charge in [0, 0.05) is 32.2 Å². The van der Waals surface area contributed by atoms with Crippen molar-refractivity contribution in [3.63, 3.8) is 0 Å². The fraction of sp³-hybridized carbons (Fsp3) is 0.650. The molecule has 1 heterocycles. The number of alkyl halides is 3. The molecule has 1 unspecified atom stereocenters. The maximum atomic E-state index is 12.5. The molecule has 1 aliphatic heterocycles. The summed E-state index contributed by atoms with van der Waals surface area (Å²) in [7, 11) is 1.69. The number of guanidine groups is 1. The van der Waals surface area contributed by atoms with Crippen LogP contribution < -0.4 is 15.4 Å². The standard InChI is InChI=1S/C20H31F3N4O.HI/c1-4-27-9-5-6-16(13-27)11-25-19(24-3)26-12-17-8-7-15(2)10-18(17)28-14-20(21,22)23;/h7-8,10,16H,4-6,9,11-14H2,1-3H3,(H2,24,25,26);1H. The lowest BCUT2D eigenvalue weighted by molar-refractivity contribution is -0.153. The fourth-order valence-electron chi connectivity index (χ4n) is 3.35. The van der Waals surface area contributed by atoms with Crippen LogP contribution in [0.5, 0.6) is 5.75 Å². The van der Waals surface area contributed by atoms with Gasteiger partial charge in [0.15, 0.2) is 12.6 Å². The number of nitrogens with zero attached hydrogens (tertiary/aromatic N) is 2. The molecule has 0 bridgehead atoms. The molecule has 0 aromatic heterocycles. The van der Waals surface area contributed by atoms with E-state index in [1.807, 2.05) is 13.0 Å². The SMILES string of the molecule is CCN1CCCC(CNC(=NC)NCc2ccc(C)cc2OCC(F)(F)F)C1.I. The summed E-state index contributed by atoms with van der Waals surface area (Å²) in [6.07, 6.45) is -1.97. The topological polar surface area (TPSA) is 48.9 Å². The second kappa shape index (κ2) is 12.5. The number of halogens is 4. The molecule has 5 nitrogen and oxygen atoms in total. The molecule has 0 amide bonds. The highest BCUT2D eigenvalue weighted by Gasteiger charge is 2.28. The van der Waals surface area contributed by atoms with E-state index in [1.54, 1.807) is 19.2 Å². The van der Waals surface area contributed by atoms with E-state index in [0.717, 1.165) is 31.7 Å². The van der Waals surface area contributed by atoms with Crippen LogP contribution in [0.2, 0.25) is 0 Å². The van der Waals surface area contributed by atoms with Gasteiger partial charge in [-0.25, -0.2) is 0 Å². The minimum absolute atomic E-state index is 0. The summed E-state index contributed by atoms with van der Waals surface area (Å²) in [5.74, 6) is 1.44. The van der Waals surface area contributed by atoms with Gasteiger partial charge in [0.05, 0.1) is 0 Å². The van der Waals surface area contributed by atoms with E-state index in [1.165, 1.54) is 12.8 Å². The van der Waals surface area contributed by atoms with Crippen molar-refractivity contribution in [3.8, 4) is 5.75 Å². The Morgan fingerprint density at radius 3 is 2.72 bits per heavy atom. The molecule has 9 heteroatoms. The van der Waals surface area contributed by atoms with Gasteiger partial charge in [-0.3, -0.25) is 4.99 Å². The minimum atomic E-state index is -4.36. The summed E-state index contributed by atoms with van der Waals surface area (Å²) >= 11 is 0. The number of piperidine rings is 1. The number of nitrogens with one attached hydrogen (secondary N) is 2. The predicted molar refractivity (Wildman–Crippen MR) is 121 cm³/mol. The van der Waals surface area contributed by atoms with Crippen molar-refractivity contribution in [2.75, 3.05) is 39.8 Å². The Balaban J connectivity index is 0.00000420. The smallest absolute Gasteiger partial charge is 0.422 e. The predicted octanol–water partition coefficient (Wildman–Crippen LogP) is 3.95. The van der Waals surface area contributed by atoms with Crippen molar-refractivity contribution in [1.29, 1.82) is 0 Å². The lowest BCUT2D eigenvalue weighted by Gasteiger charge is -2.32. The molecule has 0 aliphatic carbocycles. The molecular weight excluding hydrogens is 496 g/mol. The second-order valence-electron chi connectivity index (χ2n) is 7.22. The first-order chi connectivity index (χ1) is 13.3. The van der Waals surface area contributed by atoms with Crippen molar-refractivity contribution in [3.05, 3.63) is 29.3 Å². The van der Waals surface area contributed by atoms with Crippen molar-refractivity contribution in [2.45, 2.75) is 39.4 Å². The lowest BCUT2D eigenvalue weighted by atomic mass is 9.98. The van der Waals surface area contributed by atoms with Gasteiger partial charge in [0.1, 0.15) is 5.75 Å². The van der Waals surface area contributed by atoms with Crippen LogP contribution in [0.15, 0.2) is 23.2 Å². The van der Waals surface area contributed by atoms with E-state index in [4.69, 9.17) is 4.74 Å². The highest BCUT2D eigenvalue weighted by Crippen LogP contribution is 2.23. The number of hydrogen-bond donors (Lipinski definition) is 2. The molecular formula is C20H32F3IN4O. The average Bonchev–Trinajstić information content (AvgIpc) is 2.67. The van der Waals surface area contributed by atoms with Crippen LogP contribution in [-0.4, -0.2) is 56.9 Å². The summed E-state index contributed by atoms with van der Waals surface area (Å²) < 4.78 is 42.5. The van der Waals surface area contributed by atoms with Crippen LogP contribution in [0.1, 0.15) is 30.9 Å². The zero-order valence-electron chi connectivity index (χ0n) is 17.3. The van der Waals surface area contributed by atoms with Gasteiger partial charge in [-0.2, -0.15) is 13.2 Å². The zero-order valence-corrected chi connectivity index (χ0v) is 19.6. The van der Waals surface area contributed by atoms with Crippen LogP contribution in [0.4, 0.5) is 13.2 Å². The third-order valence-electron chi connectivity index (χ3n) is 4.89. The van der Waals surface area contributed by atoms with Crippen molar-refractivity contribution in [2.24, 2.45) is 10.9 Å². The second-order valence-corrected chi connectivity index (χ2v) is 7.22. The van der Waals surface area contributed by atoms with Crippen molar-refractivity contribution >= 4 is 29.9 Å². The summed E-state index contributed by atoms with van der Waals surface area (Å²) in [5.41, 5.74) is 1.51. The number of aliphatic imine (C=N–C) groups is 1. The summed E-state index contributed by atoms with van der Waals surface area (Å²) in [6.45, 7) is 7.16. The molecule has 0 radical (unpaired) electrons. The molecule has 1 aliphatic rings. The van der Waals surface area contributed by atoms with Gasteiger partial charge in [-0.05, 0) is 50.4 Å². The minimum Gasteiger partial charge on any atom is -0.484 e. The first-order valence-corrected chi connectivity index (χ1v) is 9.76. The Labute approximate surface area is 188 Å². The molecule has 166 valence electrons. The van der Waals surface area contributed by atoms with Crippen LogP contribution in [0, 0.1) is 12.8 Å². The van der Waals surface area contributed by atoms with Gasteiger partial charge >= 0.3 is 6.18 Å². The molecule has 1 aromatic rings. The zero-order chi connectivity index (χ0) is 20.6. The highest BCUT2D eigenvalue weighted by molar-refractivity contribution is 14.0. The summed E-state index contributed by atoms with van der Waals surface area (Å²) in [6, 6.07) is 5.26. The van der Waals surface area contributed by atoms with Crippen LogP contribution in [0.3, 0.4) is 0 Å². The van der Waals surface area contributed by atoms with Gasteiger partial charge in [0.25, 0.3) is 0 Å². The molecule has 1 aromatic carbocycles. The van der Waals surface area contributed by atoms with Crippen molar-refractivity contribution in [1.82, 2.24) is 15.5 Å². The van der Waals surface area contributed by atoms with Crippen molar-refractivity contribution < 1.29 is 17.9 Å². The van der Waals surface area contributed by atoms with Gasteiger partial charge < -0.3 is 20.3 Å². The monoisotopic (exact) mass is 528 g/mol. The molecule has 1 fully saturated rings. The Bertz CT molecular complexity index is 655. The number of hydrogen-bond acceptors (Lipinski definition) is 3. The van der Waals surface area contributed by atoms with Gasteiger partial charge in [0.2, 0.25) is 0 Å². The molecule has 29 heavy (non-hydrogen) atoms. The fourth-order valence-corrected chi connectivity index (χ4v) is 3.35. The number of rotatable bonds is 7. The Kier molecular flexibility index (Phi) is 11.1. The maximum Gasteiger partial charge on any atom is 0.422 e. The number of benzene rings is 1. The number of ether oxygens (including phenoxy) is 1. The van der Waals surface area contributed by atoms with Crippen LogP contribution >= 0.6 is 24.0 Å². The molecule has 0 saturated carbocycles. The lowest BCUT2D eigenvalue weighted by Crippen LogP contribution is -2.44. The third-order valence-corrected chi connectivity index (χ3v) is 4.89. The normalized spacial score (nSPS) is 18.1. The number of aryl methyl sites for hydroxylation is 1. The van der Waals surface area contributed by atoms with E-state index in [0.29, 0.717) is 24.0 Å². The van der Waals surface area contributed by atoms with E-state index in [2.05, 4.69) is 27.4 Å². The molecule has 0 spiro atoms. The summed E-state index contributed by atoms with van der Waals surface area (Å²) in [4.78, 5) is 6.67. The Morgan fingerprint density at radius 1 is 1.31 bits per heavy atom. The van der Waals surface area contributed by atoms with Crippen LogP contribution in [0.25, 0.3) is 0 Å². The maximum absolute atomic E-state index is 12.5. The van der Waals surface area contributed by atoms with E-state index in [-0.39, 0.29) is 29.7 Å². The molecule has 2 N–H and O–H groups in total. The van der Waals surface area contributed by atoms with E-state index < -0.39 is 12.8 Å². The molecule has 1 atom stereocenters. The van der Waals surface area contributed by atoms with E-state index >= 15 is 0 Å².